The van der Waals surface area contributed by atoms with Gasteiger partial charge in [0.2, 0.25) is 0 Å². The van der Waals surface area contributed by atoms with E-state index in [0.29, 0.717) is 28.7 Å². The maximum atomic E-state index is 13.8. The number of benzene rings is 1. The van der Waals surface area contributed by atoms with E-state index in [1.54, 1.807) is 12.1 Å². The fourth-order valence-corrected chi connectivity index (χ4v) is 2.44. The van der Waals surface area contributed by atoms with Gasteiger partial charge in [-0.1, -0.05) is 17.7 Å². The molecule has 0 atom stereocenters. The van der Waals surface area contributed by atoms with Crippen molar-refractivity contribution in [2.45, 2.75) is 32.2 Å². The van der Waals surface area contributed by atoms with Crippen molar-refractivity contribution in [3.8, 4) is 0 Å². The molecule has 0 fully saturated rings. The Hall–Kier alpha value is -1.13. The van der Waals surface area contributed by atoms with Crippen LogP contribution >= 0.6 is 23.2 Å². The monoisotopic (exact) mass is 301 g/mol. The SMILES string of the molecule is CC(C)n1c(CCl)nnc1Cc1c(F)cccc1Cl. The molecule has 3 nitrogen and oxygen atoms in total. The first-order valence-corrected chi connectivity index (χ1v) is 6.87. The molecule has 0 bridgehead atoms. The molecule has 19 heavy (non-hydrogen) atoms. The predicted molar refractivity (Wildman–Crippen MR) is 74.2 cm³/mol. The minimum Gasteiger partial charge on any atom is -0.311 e. The van der Waals surface area contributed by atoms with E-state index in [0.717, 1.165) is 0 Å². The molecule has 0 aliphatic carbocycles. The van der Waals surface area contributed by atoms with Crippen LogP contribution in [0.25, 0.3) is 0 Å². The van der Waals surface area contributed by atoms with Crippen LogP contribution in [-0.4, -0.2) is 14.8 Å². The Morgan fingerprint density at radius 1 is 1.26 bits per heavy atom. The van der Waals surface area contributed by atoms with E-state index in [1.165, 1.54) is 6.07 Å². The molecule has 0 saturated heterocycles. The molecule has 0 amide bonds. The van der Waals surface area contributed by atoms with Crippen molar-refractivity contribution in [1.29, 1.82) is 0 Å². The van der Waals surface area contributed by atoms with E-state index in [2.05, 4.69) is 10.2 Å². The lowest BCUT2D eigenvalue weighted by Crippen LogP contribution is -2.10. The van der Waals surface area contributed by atoms with Crippen LogP contribution in [0.4, 0.5) is 4.39 Å². The van der Waals surface area contributed by atoms with E-state index >= 15 is 0 Å². The third-order valence-corrected chi connectivity index (χ3v) is 3.46. The highest BCUT2D eigenvalue weighted by Crippen LogP contribution is 2.23. The molecule has 0 N–H and O–H groups in total. The second-order valence-corrected chi connectivity index (χ2v) is 5.18. The van der Waals surface area contributed by atoms with Crippen molar-refractivity contribution in [3.05, 3.63) is 46.3 Å². The molecule has 1 aromatic heterocycles. The molecular formula is C13H14Cl2FN3. The van der Waals surface area contributed by atoms with Gasteiger partial charge < -0.3 is 4.57 Å². The number of hydrogen-bond acceptors (Lipinski definition) is 2. The standard InChI is InChI=1S/C13H14Cl2FN3/c1-8(2)19-12(17-18-13(19)7-14)6-9-10(15)4-3-5-11(9)16/h3-5,8H,6-7H2,1-2H3. The molecule has 102 valence electrons. The summed E-state index contributed by atoms with van der Waals surface area (Å²) < 4.78 is 15.7. The number of nitrogens with zero attached hydrogens (tertiary/aromatic N) is 3. The van der Waals surface area contributed by atoms with Crippen LogP contribution in [0.2, 0.25) is 5.02 Å². The smallest absolute Gasteiger partial charge is 0.148 e. The average molecular weight is 302 g/mol. The molecule has 1 aromatic carbocycles. The van der Waals surface area contributed by atoms with Crippen LogP contribution in [0.3, 0.4) is 0 Å². The van der Waals surface area contributed by atoms with E-state index in [-0.39, 0.29) is 17.7 Å². The maximum Gasteiger partial charge on any atom is 0.148 e. The summed E-state index contributed by atoms with van der Waals surface area (Å²) in [5, 5.41) is 8.51. The fourth-order valence-electron chi connectivity index (χ4n) is 2.03. The van der Waals surface area contributed by atoms with Gasteiger partial charge in [0, 0.05) is 23.0 Å². The van der Waals surface area contributed by atoms with E-state index < -0.39 is 0 Å². The van der Waals surface area contributed by atoms with Gasteiger partial charge in [-0.05, 0) is 26.0 Å². The molecule has 0 aliphatic rings. The fraction of sp³-hybridized carbons (Fsp3) is 0.385. The van der Waals surface area contributed by atoms with Gasteiger partial charge in [-0.3, -0.25) is 0 Å². The Bertz CT molecular complexity index is 561. The zero-order chi connectivity index (χ0) is 14.0. The largest absolute Gasteiger partial charge is 0.311 e. The minimum absolute atomic E-state index is 0.157. The van der Waals surface area contributed by atoms with Crippen molar-refractivity contribution in [1.82, 2.24) is 14.8 Å². The minimum atomic E-state index is -0.335. The number of halogens is 3. The normalized spacial score (nSPS) is 11.3. The molecular weight excluding hydrogens is 288 g/mol. The second kappa shape index (κ2) is 5.88. The zero-order valence-electron chi connectivity index (χ0n) is 10.7. The Labute approximate surface area is 121 Å². The molecule has 2 rings (SSSR count). The van der Waals surface area contributed by atoms with Crippen LogP contribution in [0.15, 0.2) is 18.2 Å². The van der Waals surface area contributed by atoms with E-state index in [4.69, 9.17) is 23.2 Å². The molecule has 6 heteroatoms. The van der Waals surface area contributed by atoms with Gasteiger partial charge in [-0.15, -0.1) is 21.8 Å². The van der Waals surface area contributed by atoms with Crippen molar-refractivity contribution in [3.63, 3.8) is 0 Å². The summed E-state index contributed by atoms with van der Waals surface area (Å²) in [7, 11) is 0. The highest BCUT2D eigenvalue weighted by atomic mass is 35.5. The highest BCUT2D eigenvalue weighted by Gasteiger charge is 2.17. The third-order valence-electron chi connectivity index (χ3n) is 2.87. The summed E-state index contributed by atoms with van der Waals surface area (Å²) in [5.41, 5.74) is 0.430. The topological polar surface area (TPSA) is 30.7 Å². The van der Waals surface area contributed by atoms with Crippen molar-refractivity contribution < 1.29 is 4.39 Å². The molecule has 2 aromatic rings. The maximum absolute atomic E-state index is 13.8. The Morgan fingerprint density at radius 2 is 1.95 bits per heavy atom. The molecule has 0 aliphatic heterocycles. The van der Waals surface area contributed by atoms with Gasteiger partial charge in [-0.2, -0.15) is 0 Å². The first kappa shape index (κ1) is 14.3. The predicted octanol–water partition coefficient (Wildman–Crippen LogP) is 3.98. The number of alkyl halides is 1. The lowest BCUT2D eigenvalue weighted by atomic mass is 10.1. The summed E-state index contributed by atoms with van der Waals surface area (Å²) in [6.45, 7) is 4.01. The van der Waals surface area contributed by atoms with Crippen molar-refractivity contribution in [2.75, 3.05) is 0 Å². The van der Waals surface area contributed by atoms with Gasteiger partial charge in [0.1, 0.15) is 17.5 Å². The van der Waals surface area contributed by atoms with Crippen molar-refractivity contribution >= 4 is 23.2 Å². The second-order valence-electron chi connectivity index (χ2n) is 4.51. The van der Waals surface area contributed by atoms with Gasteiger partial charge in [0.05, 0.1) is 5.88 Å². The Morgan fingerprint density at radius 3 is 2.53 bits per heavy atom. The van der Waals surface area contributed by atoms with Crippen LogP contribution in [0.1, 0.15) is 37.1 Å². The van der Waals surface area contributed by atoms with Crippen molar-refractivity contribution in [2.24, 2.45) is 0 Å². The van der Waals surface area contributed by atoms with Crippen LogP contribution in [0.5, 0.6) is 0 Å². The summed E-state index contributed by atoms with van der Waals surface area (Å²) in [4.78, 5) is 0. The van der Waals surface area contributed by atoms with Gasteiger partial charge in [-0.25, -0.2) is 4.39 Å². The first-order chi connectivity index (χ1) is 9.04. The molecule has 1 heterocycles. The quantitative estimate of drug-likeness (QED) is 0.800. The lowest BCUT2D eigenvalue weighted by molar-refractivity contribution is 0.551. The Kier molecular flexibility index (Phi) is 4.42. The third kappa shape index (κ3) is 2.90. The number of aromatic nitrogens is 3. The highest BCUT2D eigenvalue weighted by molar-refractivity contribution is 6.31. The Balaban J connectivity index is 2.41. The summed E-state index contributed by atoms with van der Waals surface area (Å²) in [5.74, 6) is 1.28. The summed E-state index contributed by atoms with van der Waals surface area (Å²) >= 11 is 11.9. The van der Waals surface area contributed by atoms with Crippen LogP contribution in [0, 0.1) is 5.82 Å². The summed E-state index contributed by atoms with van der Waals surface area (Å²) in [6.07, 6.45) is 0.299. The summed E-state index contributed by atoms with van der Waals surface area (Å²) in [6, 6.07) is 4.79. The molecule has 0 saturated carbocycles. The van der Waals surface area contributed by atoms with E-state index in [1.807, 2.05) is 18.4 Å². The number of hydrogen-bond donors (Lipinski definition) is 0. The number of rotatable bonds is 4. The molecule has 0 radical (unpaired) electrons. The van der Waals surface area contributed by atoms with Crippen LogP contribution in [-0.2, 0) is 12.3 Å². The average Bonchev–Trinajstić information content (AvgIpc) is 2.77. The molecule has 0 spiro atoms. The van der Waals surface area contributed by atoms with E-state index in [9.17, 15) is 4.39 Å². The van der Waals surface area contributed by atoms with Crippen LogP contribution < -0.4 is 0 Å². The zero-order valence-corrected chi connectivity index (χ0v) is 12.2. The lowest BCUT2D eigenvalue weighted by Gasteiger charge is -2.13. The van der Waals surface area contributed by atoms with Gasteiger partial charge in [0.15, 0.2) is 0 Å². The molecule has 0 unspecified atom stereocenters. The van der Waals surface area contributed by atoms with Gasteiger partial charge in [0.25, 0.3) is 0 Å². The van der Waals surface area contributed by atoms with Gasteiger partial charge >= 0.3 is 0 Å². The first-order valence-electron chi connectivity index (χ1n) is 5.96.